The lowest BCUT2D eigenvalue weighted by atomic mass is 10.2. The van der Waals surface area contributed by atoms with Crippen molar-refractivity contribution in [1.29, 1.82) is 0 Å². The summed E-state index contributed by atoms with van der Waals surface area (Å²) in [6, 6.07) is 16.5. The highest BCUT2D eigenvalue weighted by atomic mass is 35.5. The molecular formula is C18H14ClFN4O. The van der Waals surface area contributed by atoms with Gasteiger partial charge in [0.05, 0.1) is 10.6 Å². The molecule has 0 fully saturated rings. The van der Waals surface area contributed by atoms with Gasteiger partial charge in [0, 0.05) is 12.1 Å². The van der Waals surface area contributed by atoms with Gasteiger partial charge >= 0.3 is 0 Å². The maximum absolute atomic E-state index is 13.6. The summed E-state index contributed by atoms with van der Waals surface area (Å²) in [6.45, 7) is 0.284. The molecule has 0 saturated carbocycles. The third-order valence-electron chi connectivity index (χ3n) is 3.44. The predicted molar refractivity (Wildman–Crippen MR) is 95.2 cm³/mol. The maximum atomic E-state index is 13.6. The average Bonchev–Trinajstić information content (AvgIpc) is 2.62. The van der Waals surface area contributed by atoms with Crippen molar-refractivity contribution >= 4 is 29.1 Å². The van der Waals surface area contributed by atoms with Gasteiger partial charge in [0.2, 0.25) is 0 Å². The summed E-state index contributed by atoms with van der Waals surface area (Å²) in [5, 5.41) is 13.8. The molecule has 1 heterocycles. The fourth-order valence-electron chi connectivity index (χ4n) is 2.15. The third-order valence-corrected chi connectivity index (χ3v) is 3.77. The Morgan fingerprint density at radius 1 is 0.960 bits per heavy atom. The summed E-state index contributed by atoms with van der Waals surface area (Å²) < 4.78 is 13.6. The first kappa shape index (κ1) is 16.9. The van der Waals surface area contributed by atoms with E-state index in [1.807, 2.05) is 0 Å². The number of benzene rings is 2. The van der Waals surface area contributed by atoms with Gasteiger partial charge in [-0.05, 0) is 30.3 Å². The highest BCUT2D eigenvalue weighted by Crippen LogP contribution is 2.17. The van der Waals surface area contributed by atoms with E-state index >= 15 is 0 Å². The standard InChI is InChI=1S/C18H14ClFN4O/c19-14-7-3-2-6-13(14)18(25)22-17-10-9-16(23-24-17)21-11-12-5-1-4-8-15(12)20/h1-10H,11H2,(H,21,23)(H,22,24,25). The van der Waals surface area contributed by atoms with Crippen LogP contribution in [0.1, 0.15) is 15.9 Å². The molecule has 0 unspecified atom stereocenters. The molecular weight excluding hydrogens is 343 g/mol. The van der Waals surface area contributed by atoms with Crippen LogP contribution in [-0.2, 0) is 6.54 Å². The molecule has 0 spiro atoms. The van der Waals surface area contributed by atoms with Crippen LogP contribution in [0.2, 0.25) is 5.02 Å². The number of nitrogens with zero attached hydrogens (tertiary/aromatic N) is 2. The quantitative estimate of drug-likeness (QED) is 0.721. The number of halogens is 2. The summed E-state index contributed by atoms with van der Waals surface area (Å²) in [5.41, 5.74) is 0.883. The Balaban J connectivity index is 1.62. The second-order valence-corrected chi connectivity index (χ2v) is 5.59. The van der Waals surface area contributed by atoms with Crippen LogP contribution in [0, 0.1) is 5.82 Å². The molecule has 7 heteroatoms. The second kappa shape index (κ2) is 7.72. The minimum Gasteiger partial charge on any atom is -0.364 e. The van der Waals surface area contributed by atoms with Crippen LogP contribution >= 0.6 is 11.6 Å². The van der Waals surface area contributed by atoms with Crippen LogP contribution in [0.3, 0.4) is 0 Å². The smallest absolute Gasteiger partial charge is 0.258 e. The lowest BCUT2D eigenvalue weighted by molar-refractivity contribution is 0.102. The van der Waals surface area contributed by atoms with Crippen molar-refractivity contribution in [2.45, 2.75) is 6.54 Å². The summed E-state index contributed by atoms with van der Waals surface area (Å²) in [4.78, 5) is 12.1. The first-order valence-corrected chi connectivity index (χ1v) is 7.88. The van der Waals surface area contributed by atoms with Gasteiger partial charge in [0.1, 0.15) is 11.6 Å². The van der Waals surface area contributed by atoms with E-state index in [-0.39, 0.29) is 18.3 Å². The third kappa shape index (κ3) is 4.30. The number of carbonyl (C=O) groups excluding carboxylic acids is 1. The Morgan fingerprint density at radius 2 is 1.64 bits per heavy atom. The first-order chi connectivity index (χ1) is 12.1. The number of anilines is 2. The number of carbonyl (C=O) groups is 1. The van der Waals surface area contributed by atoms with E-state index in [4.69, 9.17) is 11.6 Å². The van der Waals surface area contributed by atoms with Gasteiger partial charge in [0.15, 0.2) is 5.82 Å². The zero-order chi connectivity index (χ0) is 17.6. The maximum Gasteiger partial charge on any atom is 0.258 e. The molecule has 126 valence electrons. The highest BCUT2D eigenvalue weighted by Gasteiger charge is 2.10. The number of nitrogens with one attached hydrogen (secondary N) is 2. The molecule has 0 saturated heterocycles. The van der Waals surface area contributed by atoms with Crippen LogP contribution in [0.5, 0.6) is 0 Å². The van der Waals surface area contributed by atoms with E-state index in [1.54, 1.807) is 54.6 Å². The van der Waals surface area contributed by atoms with Crippen molar-refractivity contribution in [1.82, 2.24) is 10.2 Å². The molecule has 3 aromatic rings. The number of hydrogen-bond acceptors (Lipinski definition) is 4. The lowest BCUT2D eigenvalue weighted by Crippen LogP contribution is -2.14. The molecule has 0 aliphatic carbocycles. The molecule has 0 bridgehead atoms. The van der Waals surface area contributed by atoms with E-state index < -0.39 is 0 Å². The molecule has 3 rings (SSSR count). The van der Waals surface area contributed by atoms with E-state index in [0.717, 1.165) is 0 Å². The van der Waals surface area contributed by atoms with Gasteiger partial charge in [-0.3, -0.25) is 4.79 Å². The SMILES string of the molecule is O=C(Nc1ccc(NCc2ccccc2F)nn1)c1ccccc1Cl. The zero-order valence-corrected chi connectivity index (χ0v) is 13.8. The topological polar surface area (TPSA) is 66.9 Å². The molecule has 0 aliphatic rings. The van der Waals surface area contributed by atoms with Crippen LogP contribution in [0.4, 0.5) is 16.0 Å². The highest BCUT2D eigenvalue weighted by molar-refractivity contribution is 6.34. The van der Waals surface area contributed by atoms with Gasteiger partial charge < -0.3 is 10.6 Å². The number of hydrogen-bond donors (Lipinski definition) is 2. The van der Waals surface area contributed by atoms with Crippen LogP contribution in [0.15, 0.2) is 60.7 Å². The van der Waals surface area contributed by atoms with E-state index in [0.29, 0.717) is 27.8 Å². The molecule has 0 aliphatic heterocycles. The minimum absolute atomic E-state index is 0.284. The lowest BCUT2D eigenvalue weighted by Gasteiger charge is -2.08. The fraction of sp³-hybridized carbons (Fsp3) is 0.0556. The number of amides is 1. The summed E-state index contributed by atoms with van der Waals surface area (Å²) in [5.74, 6) is 0.110. The molecule has 2 aromatic carbocycles. The molecule has 5 nitrogen and oxygen atoms in total. The largest absolute Gasteiger partial charge is 0.364 e. The Hall–Kier alpha value is -2.99. The van der Waals surface area contributed by atoms with Crippen LogP contribution < -0.4 is 10.6 Å². The van der Waals surface area contributed by atoms with Crippen LogP contribution in [-0.4, -0.2) is 16.1 Å². The van der Waals surface area contributed by atoms with Crippen molar-refractivity contribution in [2.75, 3.05) is 10.6 Å². The Kier molecular flexibility index (Phi) is 5.20. The molecule has 1 amide bonds. The molecule has 1 aromatic heterocycles. The van der Waals surface area contributed by atoms with Crippen molar-refractivity contribution < 1.29 is 9.18 Å². The van der Waals surface area contributed by atoms with E-state index in [2.05, 4.69) is 20.8 Å². The second-order valence-electron chi connectivity index (χ2n) is 5.18. The minimum atomic E-state index is -0.369. The predicted octanol–water partition coefficient (Wildman–Crippen LogP) is 4.13. The number of rotatable bonds is 5. The Morgan fingerprint density at radius 3 is 2.36 bits per heavy atom. The van der Waals surface area contributed by atoms with Gasteiger partial charge in [-0.2, -0.15) is 0 Å². The number of aromatic nitrogens is 2. The first-order valence-electron chi connectivity index (χ1n) is 7.50. The fourth-order valence-corrected chi connectivity index (χ4v) is 2.37. The molecule has 25 heavy (non-hydrogen) atoms. The van der Waals surface area contributed by atoms with Crippen molar-refractivity contribution in [2.24, 2.45) is 0 Å². The molecule has 2 N–H and O–H groups in total. The monoisotopic (exact) mass is 356 g/mol. The van der Waals surface area contributed by atoms with Crippen molar-refractivity contribution in [3.8, 4) is 0 Å². The average molecular weight is 357 g/mol. The van der Waals surface area contributed by atoms with Gasteiger partial charge in [0.25, 0.3) is 5.91 Å². The molecule has 0 atom stereocenters. The zero-order valence-electron chi connectivity index (χ0n) is 13.0. The summed E-state index contributed by atoms with van der Waals surface area (Å²) in [7, 11) is 0. The Labute approximate surface area is 148 Å². The van der Waals surface area contributed by atoms with Gasteiger partial charge in [-0.1, -0.05) is 41.9 Å². The van der Waals surface area contributed by atoms with Crippen molar-refractivity contribution in [3.63, 3.8) is 0 Å². The molecule has 0 radical (unpaired) electrons. The summed E-state index contributed by atoms with van der Waals surface area (Å²) >= 11 is 5.99. The van der Waals surface area contributed by atoms with E-state index in [9.17, 15) is 9.18 Å². The van der Waals surface area contributed by atoms with Gasteiger partial charge in [-0.15, -0.1) is 10.2 Å². The normalized spacial score (nSPS) is 10.3. The Bertz CT molecular complexity index is 886. The summed E-state index contributed by atoms with van der Waals surface area (Å²) in [6.07, 6.45) is 0. The van der Waals surface area contributed by atoms with Gasteiger partial charge in [-0.25, -0.2) is 4.39 Å². The van der Waals surface area contributed by atoms with Crippen LogP contribution in [0.25, 0.3) is 0 Å². The van der Waals surface area contributed by atoms with Crippen molar-refractivity contribution in [3.05, 3.63) is 82.6 Å². The van der Waals surface area contributed by atoms with E-state index in [1.165, 1.54) is 6.07 Å².